The van der Waals surface area contributed by atoms with Crippen molar-refractivity contribution in [3.05, 3.63) is 29.8 Å². The standard InChI is InChI=1S/C17H29N3O.HI/c1-5-18-17(19-11-7-8-14(2)3)20-13-15-9-6-10-16(12-15)21-4;/h6,9-10,12,14H,5,7-8,11,13H2,1-4H3,(H2,18,19,20);1H. The lowest BCUT2D eigenvalue weighted by atomic mass is 10.1. The molecule has 1 aromatic carbocycles. The maximum atomic E-state index is 5.23. The number of hydrogen-bond donors (Lipinski definition) is 2. The van der Waals surface area contributed by atoms with E-state index in [0.29, 0.717) is 6.54 Å². The van der Waals surface area contributed by atoms with E-state index >= 15 is 0 Å². The lowest BCUT2D eigenvalue weighted by molar-refractivity contribution is 0.414. The third-order valence-corrected chi connectivity index (χ3v) is 3.15. The van der Waals surface area contributed by atoms with Gasteiger partial charge in [-0.05, 0) is 43.4 Å². The normalized spacial score (nSPS) is 11.0. The van der Waals surface area contributed by atoms with Gasteiger partial charge in [0.05, 0.1) is 13.7 Å². The van der Waals surface area contributed by atoms with Gasteiger partial charge in [0.2, 0.25) is 0 Å². The molecule has 2 N–H and O–H groups in total. The summed E-state index contributed by atoms with van der Waals surface area (Å²) in [6.07, 6.45) is 2.41. The second kappa shape index (κ2) is 12.6. The van der Waals surface area contributed by atoms with E-state index in [-0.39, 0.29) is 24.0 Å². The van der Waals surface area contributed by atoms with Gasteiger partial charge in [0, 0.05) is 13.1 Å². The van der Waals surface area contributed by atoms with Gasteiger partial charge in [-0.2, -0.15) is 0 Å². The topological polar surface area (TPSA) is 45.7 Å². The van der Waals surface area contributed by atoms with Gasteiger partial charge in [-0.15, -0.1) is 24.0 Å². The zero-order valence-electron chi connectivity index (χ0n) is 14.2. The number of guanidine groups is 1. The van der Waals surface area contributed by atoms with Crippen LogP contribution >= 0.6 is 24.0 Å². The van der Waals surface area contributed by atoms with Crippen molar-refractivity contribution in [3.63, 3.8) is 0 Å². The molecule has 0 heterocycles. The Morgan fingerprint density at radius 3 is 2.68 bits per heavy atom. The Balaban J connectivity index is 0.00000441. The summed E-state index contributed by atoms with van der Waals surface area (Å²) in [5.41, 5.74) is 1.15. The second-order valence-electron chi connectivity index (χ2n) is 5.51. The van der Waals surface area contributed by atoms with Crippen LogP contribution in [0.2, 0.25) is 0 Å². The second-order valence-corrected chi connectivity index (χ2v) is 5.51. The molecule has 0 radical (unpaired) electrons. The molecule has 4 nitrogen and oxygen atoms in total. The number of hydrogen-bond acceptors (Lipinski definition) is 2. The van der Waals surface area contributed by atoms with Crippen LogP contribution in [0.15, 0.2) is 29.3 Å². The van der Waals surface area contributed by atoms with Gasteiger partial charge in [-0.3, -0.25) is 0 Å². The van der Waals surface area contributed by atoms with Crippen LogP contribution in [0.3, 0.4) is 0 Å². The monoisotopic (exact) mass is 419 g/mol. The number of rotatable bonds is 8. The van der Waals surface area contributed by atoms with Crippen molar-refractivity contribution in [1.82, 2.24) is 10.6 Å². The molecule has 1 rings (SSSR count). The Kier molecular flexibility index (Phi) is 12.0. The van der Waals surface area contributed by atoms with E-state index in [1.165, 1.54) is 12.8 Å². The summed E-state index contributed by atoms with van der Waals surface area (Å²) in [6.45, 7) is 9.06. The van der Waals surface area contributed by atoms with Gasteiger partial charge in [0.25, 0.3) is 0 Å². The van der Waals surface area contributed by atoms with Crippen LogP contribution < -0.4 is 15.4 Å². The first kappa shape index (κ1) is 21.0. The van der Waals surface area contributed by atoms with E-state index in [2.05, 4.69) is 42.5 Å². The van der Waals surface area contributed by atoms with E-state index in [1.807, 2.05) is 18.2 Å². The predicted molar refractivity (Wildman–Crippen MR) is 105 cm³/mol. The Bertz CT molecular complexity index is 436. The highest BCUT2D eigenvalue weighted by Crippen LogP contribution is 2.13. The van der Waals surface area contributed by atoms with Crippen LogP contribution in [0.1, 0.15) is 39.2 Å². The van der Waals surface area contributed by atoms with Gasteiger partial charge in [0.15, 0.2) is 5.96 Å². The summed E-state index contributed by atoms with van der Waals surface area (Å²) in [6, 6.07) is 8.02. The number of nitrogens with one attached hydrogen (secondary N) is 2. The highest BCUT2D eigenvalue weighted by molar-refractivity contribution is 14.0. The quantitative estimate of drug-likeness (QED) is 0.292. The fraction of sp³-hybridized carbons (Fsp3) is 0.588. The fourth-order valence-corrected chi connectivity index (χ4v) is 2.00. The average molecular weight is 419 g/mol. The molecule has 0 fully saturated rings. The van der Waals surface area contributed by atoms with Crippen molar-refractivity contribution in [1.29, 1.82) is 0 Å². The molecular formula is C17H30IN3O. The fourth-order valence-electron chi connectivity index (χ4n) is 2.00. The zero-order valence-corrected chi connectivity index (χ0v) is 16.5. The van der Waals surface area contributed by atoms with Crippen LogP contribution in [0.5, 0.6) is 5.75 Å². The minimum absolute atomic E-state index is 0. The average Bonchev–Trinajstić information content (AvgIpc) is 2.49. The van der Waals surface area contributed by atoms with Crippen molar-refractivity contribution >= 4 is 29.9 Å². The molecule has 0 saturated heterocycles. The van der Waals surface area contributed by atoms with Crippen LogP contribution in [0.25, 0.3) is 0 Å². The molecule has 22 heavy (non-hydrogen) atoms. The molecule has 0 amide bonds. The van der Waals surface area contributed by atoms with E-state index in [4.69, 9.17) is 4.74 Å². The smallest absolute Gasteiger partial charge is 0.191 e. The summed E-state index contributed by atoms with van der Waals surface area (Å²) in [7, 11) is 1.68. The number of benzene rings is 1. The molecule has 126 valence electrons. The number of nitrogens with zero attached hydrogens (tertiary/aromatic N) is 1. The first-order chi connectivity index (χ1) is 10.2. The molecule has 5 heteroatoms. The van der Waals surface area contributed by atoms with Gasteiger partial charge < -0.3 is 15.4 Å². The molecular weight excluding hydrogens is 389 g/mol. The Morgan fingerprint density at radius 2 is 2.05 bits per heavy atom. The minimum Gasteiger partial charge on any atom is -0.497 e. The number of halogens is 1. The summed E-state index contributed by atoms with van der Waals surface area (Å²) < 4.78 is 5.23. The largest absolute Gasteiger partial charge is 0.497 e. The molecule has 0 unspecified atom stereocenters. The van der Waals surface area contributed by atoms with E-state index in [0.717, 1.165) is 36.3 Å². The first-order valence-electron chi connectivity index (χ1n) is 7.80. The van der Waals surface area contributed by atoms with E-state index < -0.39 is 0 Å². The van der Waals surface area contributed by atoms with Gasteiger partial charge >= 0.3 is 0 Å². The summed E-state index contributed by atoms with van der Waals surface area (Å²) >= 11 is 0. The van der Waals surface area contributed by atoms with E-state index in [9.17, 15) is 0 Å². The van der Waals surface area contributed by atoms with Crippen LogP contribution in [0, 0.1) is 5.92 Å². The molecule has 0 aromatic heterocycles. The Hall–Kier alpha value is -0.980. The van der Waals surface area contributed by atoms with Crippen molar-refractivity contribution in [2.24, 2.45) is 10.9 Å². The van der Waals surface area contributed by atoms with Crippen LogP contribution in [-0.2, 0) is 6.54 Å². The molecule has 0 atom stereocenters. The molecule has 0 saturated carbocycles. The number of ether oxygens (including phenoxy) is 1. The Labute approximate surface area is 152 Å². The molecule has 0 aliphatic carbocycles. The minimum atomic E-state index is 0. The van der Waals surface area contributed by atoms with Crippen LogP contribution in [-0.4, -0.2) is 26.2 Å². The highest BCUT2D eigenvalue weighted by atomic mass is 127. The van der Waals surface area contributed by atoms with Crippen molar-refractivity contribution in [3.8, 4) is 5.75 Å². The van der Waals surface area contributed by atoms with Gasteiger partial charge in [-0.25, -0.2) is 4.99 Å². The lowest BCUT2D eigenvalue weighted by Gasteiger charge is -2.12. The molecule has 0 aliphatic rings. The number of aliphatic imine (C=N–C) groups is 1. The maximum Gasteiger partial charge on any atom is 0.191 e. The molecule has 0 bridgehead atoms. The van der Waals surface area contributed by atoms with Gasteiger partial charge in [-0.1, -0.05) is 26.0 Å². The third-order valence-electron chi connectivity index (χ3n) is 3.15. The number of methoxy groups -OCH3 is 1. The zero-order chi connectivity index (χ0) is 15.5. The summed E-state index contributed by atoms with van der Waals surface area (Å²) in [5.74, 6) is 2.50. The first-order valence-corrected chi connectivity index (χ1v) is 7.80. The molecule has 1 aromatic rings. The highest BCUT2D eigenvalue weighted by Gasteiger charge is 1.99. The van der Waals surface area contributed by atoms with Crippen molar-refractivity contribution < 1.29 is 4.74 Å². The third kappa shape index (κ3) is 9.12. The van der Waals surface area contributed by atoms with Crippen molar-refractivity contribution in [2.45, 2.75) is 40.2 Å². The maximum absolute atomic E-state index is 5.23. The summed E-state index contributed by atoms with van der Waals surface area (Å²) in [5, 5.41) is 6.66. The van der Waals surface area contributed by atoms with E-state index in [1.54, 1.807) is 7.11 Å². The molecule has 0 aliphatic heterocycles. The lowest BCUT2D eigenvalue weighted by Crippen LogP contribution is -2.37. The Morgan fingerprint density at radius 1 is 1.27 bits per heavy atom. The molecule has 0 spiro atoms. The van der Waals surface area contributed by atoms with Gasteiger partial charge in [0.1, 0.15) is 5.75 Å². The predicted octanol–water partition coefficient (Wildman–Crippen LogP) is 3.80. The summed E-state index contributed by atoms with van der Waals surface area (Å²) in [4.78, 5) is 4.61. The SMILES string of the molecule is CCNC(=NCc1cccc(OC)c1)NCCCC(C)C.I. The van der Waals surface area contributed by atoms with Crippen molar-refractivity contribution in [2.75, 3.05) is 20.2 Å². The van der Waals surface area contributed by atoms with Crippen LogP contribution in [0.4, 0.5) is 0 Å².